The van der Waals surface area contributed by atoms with Crippen molar-refractivity contribution in [1.82, 2.24) is 15.1 Å². The van der Waals surface area contributed by atoms with Crippen molar-refractivity contribution in [3.63, 3.8) is 0 Å². The first kappa shape index (κ1) is 19.1. The summed E-state index contributed by atoms with van der Waals surface area (Å²) in [5.74, 6) is -0.0490. The molecule has 0 spiro atoms. The Balaban J connectivity index is 1.50. The first-order valence-electron chi connectivity index (χ1n) is 9.38. The number of alkyl halides is 1. The number of aromatic nitrogens is 3. The SMILES string of the molecule is Cc1cc(-c2nc(-c3ccc4c(c3)C(Cl)C3=C(CC(=O)O)CCN34)no2)cc(Cl)n1. The highest BCUT2D eigenvalue weighted by atomic mass is 35.5. The number of anilines is 1. The summed E-state index contributed by atoms with van der Waals surface area (Å²) in [6, 6.07) is 9.33. The number of fused-ring (bicyclic) bond motifs is 3. The molecule has 1 aromatic carbocycles. The molecule has 0 amide bonds. The number of hydrogen-bond donors (Lipinski definition) is 1. The molecule has 30 heavy (non-hydrogen) atoms. The molecule has 0 aliphatic carbocycles. The van der Waals surface area contributed by atoms with Crippen LogP contribution in [0.4, 0.5) is 5.69 Å². The fraction of sp³-hybridized carbons (Fsp3) is 0.238. The van der Waals surface area contributed by atoms with E-state index < -0.39 is 11.3 Å². The second kappa shape index (κ2) is 7.11. The molecule has 0 saturated heterocycles. The van der Waals surface area contributed by atoms with E-state index in [1.54, 1.807) is 6.07 Å². The third kappa shape index (κ3) is 3.14. The maximum Gasteiger partial charge on any atom is 0.307 e. The highest BCUT2D eigenvalue weighted by Gasteiger charge is 2.38. The zero-order chi connectivity index (χ0) is 21.0. The number of pyridine rings is 1. The van der Waals surface area contributed by atoms with E-state index in [9.17, 15) is 9.90 Å². The largest absolute Gasteiger partial charge is 0.481 e. The van der Waals surface area contributed by atoms with Gasteiger partial charge in [0.05, 0.1) is 6.42 Å². The molecule has 2 aliphatic rings. The molecule has 0 radical (unpaired) electrons. The number of allylic oxidation sites excluding steroid dienone is 1. The van der Waals surface area contributed by atoms with Crippen LogP contribution < -0.4 is 4.90 Å². The second-order valence-electron chi connectivity index (χ2n) is 7.34. The fourth-order valence-corrected chi connectivity index (χ4v) is 4.81. The number of carboxylic acid groups (broad SMARTS) is 1. The maximum atomic E-state index is 11.2. The van der Waals surface area contributed by atoms with Gasteiger partial charge in [0.25, 0.3) is 5.89 Å². The van der Waals surface area contributed by atoms with Crippen LogP contribution in [-0.4, -0.2) is 32.7 Å². The van der Waals surface area contributed by atoms with Gasteiger partial charge in [0.2, 0.25) is 5.82 Å². The molecule has 0 bridgehead atoms. The highest BCUT2D eigenvalue weighted by molar-refractivity contribution is 6.29. The van der Waals surface area contributed by atoms with Crippen LogP contribution in [0, 0.1) is 6.92 Å². The van der Waals surface area contributed by atoms with Crippen molar-refractivity contribution in [2.75, 3.05) is 11.4 Å². The summed E-state index contributed by atoms with van der Waals surface area (Å²) >= 11 is 12.8. The summed E-state index contributed by atoms with van der Waals surface area (Å²) in [6.45, 7) is 2.58. The molecule has 5 rings (SSSR count). The first-order valence-corrected chi connectivity index (χ1v) is 10.2. The minimum atomic E-state index is -0.842. The van der Waals surface area contributed by atoms with Gasteiger partial charge < -0.3 is 14.5 Å². The lowest BCUT2D eigenvalue weighted by Gasteiger charge is -2.15. The number of nitrogens with zero attached hydrogens (tertiary/aromatic N) is 4. The lowest BCUT2D eigenvalue weighted by atomic mass is 10.0. The van der Waals surface area contributed by atoms with Gasteiger partial charge >= 0.3 is 5.97 Å². The zero-order valence-corrected chi connectivity index (χ0v) is 17.4. The van der Waals surface area contributed by atoms with Crippen molar-refractivity contribution >= 4 is 34.9 Å². The predicted molar refractivity (Wildman–Crippen MR) is 113 cm³/mol. The minimum Gasteiger partial charge on any atom is -0.481 e. The van der Waals surface area contributed by atoms with Gasteiger partial charge in [-0.1, -0.05) is 16.8 Å². The fourth-order valence-electron chi connectivity index (χ4n) is 4.11. The summed E-state index contributed by atoms with van der Waals surface area (Å²) < 4.78 is 5.43. The van der Waals surface area contributed by atoms with Gasteiger partial charge in [-0.15, -0.1) is 11.6 Å². The molecule has 152 valence electrons. The molecule has 2 aromatic heterocycles. The number of rotatable bonds is 4. The van der Waals surface area contributed by atoms with E-state index in [1.807, 2.05) is 31.2 Å². The average molecular weight is 443 g/mol. The Hall–Kier alpha value is -2.90. The molecule has 1 N–H and O–H groups in total. The van der Waals surface area contributed by atoms with E-state index in [-0.39, 0.29) is 6.42 Å². The maximum absolute atomic E-state index is 11.2. The Labute approximate surface area is 181 Å². The summed E-state index contributed by atoms with van der Waals surface area (Å²) in [7, 11) is 0. The van der Waals surface area contributed by atoms with Gasteiger partial charge in [0.15, 0.2) is 0 Å². The van der Waals surface area contributed by atoms with E-state index in [0.29, 0.717) is 28.9 Å². The van der Waals surface area contributed by atoms with Crippen molar-refractivity contribution in [3.05, 3.63) is 58.0 Å². The molecule has 1 unspecified atom stereocenters. The number of hydrogen-bond acceptors (Lipinski definition) is 6. The smallest absolute Gasteiger partial charge is 0.307 e. The molecule has 7 nitrogen and oxygen atoms in total. The lowest BCUT2D eigenvalue weighted by molar-refractivity contribution is -0.136. The normalized spacial score (nSPS) is 17.4. The van der Waals surface area contributed by atoms with Gasteiger partial charge in [-0.2, -0.15) is 4.98 Å². The first-order chi connectivity index (χ1) is 14.4. The van der Waals surface area contributed by atoms with Crippen LogP contribution >= 0.6 is 23.2 Å². The molecule has 4 heterocycles. The van der Waals surface area contributed by atoms with Crippen LogP contribution in [0.5, 0.6) is 0 Å². The summed E-state index contributed by atoms with van der Waals surface area (Å²) in [6.07, 6.45) is 0.728. The standard InChI is InChI=1S/C21H16Cl2N4O3/c1-10-6-13(8-16(22)24-10)21-25-20(26-30-21)12-2-3-15-14(7-12)18(23)19-11(9-17(28)29)4-5-27(15)19/h2-3,6-8,18H,4-5,9H2,1H3,(H,28,29). The molecule has 3 aromatic rings. The predicted octanol–water partition coefficient (Wildman–Crippen LogP) is 4.99. The van der Waals surface area contributed by atoms with Crippen LogP contribution in [0.25, 0.3) is 22.8 Å². The number of carboxylic acids is 1. The summed E-state index contributed by atoms with van der Waals surface area (Å²) in [5.41, 5.74) is 5.91. The number of benzene rings is 1. The highest BCUT2D eigenvalue weighted by Crippen LogP contribution is 2.51. The van der Waals surface area contributed by atoms with Crippen molar-refractivity contribution in [2.24, 2.45) is 0 Å². The summed E-state index contributed by atoms with van der Waals surface area (Å²) in [4.78, 5) is 21.9. The van der Waals surface area contributed by atoms with Gasteiger partial charge in [-0.3, -0.25) is 4.79 Å². The Morgan fingerprint density at radius 2 is 2.10 bits per heavy atom. The molecular formula is C21H16Cl2N4O3. The number of aliphatic carboxylic acids is 1. The molecule has 0 saturated carbocycles. The van der Waals surface area contributed by atoms with Crippen molar-refractivity contribution in [3.8, 4) is 22.8 Å². The lowest BCUT2D eigenvalue weighted by Crippen LogP contribution is -2.14. The van der Waals surface area contributed by atoms with E-state index >= 15 is 0 Å². The third-order valence-electron chi connectivity index (χ3n) is 5.34. The van der Waals surface area contributed by atoms with Gasteiger partial charge in [-0.05, 0) is 49.2 Å². The van der Waals surface area contributed by atoms with Crippen molar-refractivity contribution < 1.29 is 14.4 Å². The molecule has 0 fully saturated rings. The topological polar surface area (TPSA) is 92.3 Å². The van der Waals surface area contributed by atoms with E-state index in [0.717, 1.165) is 40.3 Å². The van der Waals surface area contributed by atoms with Crippen molar-refractivity contribution in [1.29, 1.82) is 0 Å². The quantitative estimate of drug-likeness (QED) is 0.449. The molecular weight excluding hydrogens is 427 g/mol. The number of halogens is 2. The number of carbonyl (C=O) groups is 1. The minimum absolute atomic E-state index is 0.0119. The van der Waals surface area contributed by atoms with Crippen LogP contribution in [0.2, 0.25) is 5.15 Å². The zero-order valence-electron chi connectivity index (χ0n) is 15.9. The van der Waals surface area contributed by atoms with Crippen LogP contribution in [0.1, 0.15) is 29.5 Å². The van der Waals surface area contributed by atoms with Crippen molar-refractivity contribution in [2.45, 2.75) is 25.1 Å². The average Bonchev–Trinajstić information content (AvgIpc) is 3.38. The van der Waals surface area contributed by atoms with Crippen LogP contribution in [0.15, 0.2) is 46.1 Å². The van der Waals surface area contributed by atoms with Gasteiger partial charge in [-0.25, -0.2) is 4.98 Å². The van der Waals surface area contributed by atoms with E-state index in [2.05, 4.69) is 20.0 Å². The van der Waals surface area contributed by atoms with E-state index in [4.69, 9.17) is 27.7 Å². The molecule has 9 heteroatoms. The third-order valence-corrected chi connectivity index (χ3v) is 5.98. The monoisotopic (exact) mass is 442 g/mol. The Bertz CT molecular complexity index is 1200. The second-order valence-corrected chi connectivity index (χ2v) is 8.16. The van der Waals surface area contributed by atoms with Crippen LogP contribution in [0.3, 0.4) is 0 Å². The Morgan fingerprint density at radius 1 is 1.27 bits per heavy atom. The summed E-state index contributed by atoms with van der Waals surface area (Å²) in [5, 5.41) is 13.2. The number of aryl methyl sites for hydroxylation is 1. The Morgan fingerprint density at radius 3 is 2.87 bits per heavy atom. The Kier molecular flexibility index (Phi) is 4.52. The van der Waals surface area contributed by atoms with E-state index in [1.165, 1.54) is 0 Å². The molecule has 1 atom stereocenters. The molecule has 2 aliphatic heterocycles. The van der Waals surface area contributed by atoms with Gasteiger partial charge in [0, 0.05) is 40.3 Å². The van der Waals surface area contributed by atoms with Crippen LogP contribution in [-0.2, 0) is 4.79 Å². The van der Waals surface area contributed by atoms with Gasteiger partial charge in [0.1, 0.15) is 10.5 Å².